The molecule has 0 heterocycles. The van der Waals surface area contributed by atoms with Crippen LogP contribution in [0.15, 0.2) is 24.8 Å². The quantitative estimate of drug-likeness (QED) is 0.359. The summed E-state index contributed by atoms with van der Waals surface area (Å²) < 4.78 is 0. The van der Waals surface area contributed by atoms with Gasteiger partial charge in [0.05, 0.1) is 0 Å². The molecule has 0 aromatic rings. The van der Waals surface area contributed by atoms with E-state index in [1.807, 2.05) is 0 Å². The summed E-state index contributed by atoms with van der Waals surface area (Å²) in [5.41, 5.74) is 1.000. The number of hydrogen-bond donors (Lipinski definition) is 4. The van der Waals surface area contributed by atoms with Crippen molar-refractivity contribution in [3.8, 4) is 0 Å². The molecule has 5 aliphatic carbocycles. The second-order valence-electron chi connectivity index (χ2n) is 10.6. The van der Waals surface area contributed by atoms with E-state index in [0.717, 1.165) is 54.4 Å². The van der Waals surface area contributed by atoms with Crippen LogP contribution in [0.4, 0.5) is 0 Å². The Hall–Kier alpha value is -1.66. The Bertz CT molecular complexity index is 735. The first-order valence-corrected chi connectivity index (χ1v) is 12.2. The highest BCUT2D eigenvalue weighted by atomic mass is 16.4. The fourth-order valence-corrected chi connectivity index (χ4v) is 9.34. The van der Waals surface area contributed by atoms with Gasteiger partial charge in [-0.25, -0.2) is 9.59 Å². The highest BCUT2D eigenvalue weighted by molar-refractivity contribution is 5.84. The average molecular weight is 449 g/mol. The van der Waals surface area contributed by atoms with Crippen LogP contribution in [0.5, 0.6) is 0 Å². The third kappa shape index (κ3) is 3.73. The maximum absolute atomic E-state index is 9.89. The van der Waals surface area contributed by atoms with Gasteiger partial charge >= 0.3 is 11.9 Å². The molecule has 0 aromatic heterocycles. The third-order valence-electron chi connectivity index (χ3n) is 9.74. The van der Waals surface area contributed by atoms with Crippen molar-refractivity contribution in [2.75, 3.05) is 13.2 Å². The molecule has 6 nitrogen and oxygen atoms in total. The van der Waals surface area contributed by atoms with Crippen molar-refractivity contribution < 1.29 is 30.0 Å². The van der Waals surface area contributed by atoms with E-state index in [2.05, 4.69) is 13.2 Å². The van der Waals surface area contributed by atoms with Crippen LogP contribution in [-0.2, 0) is 9.59 Å². The van der Waals surface area contributed by atoms with E-state index in [4.69, 9.17) is 10.2 Å². The average Bonchev–Trinajstić information content (AvgIpc) is 3.53. The van der Waals surface area contributed by atoms with Gasteiger partial charge in [0, 0.05) is 24.9 Å². The van der Waals surface area contributed by atoms with Crippen molar-refractivity contribution in [1.82, 2.24) is 0 Å². The van der Waals surface area contributed by atoms with E-state index in [0.29, 0.717) is 24.0 Å². The van der Waals surface area contributed by atoms with Crippen molar-refractivity contribution >= 4 is 11.9 Å². The van der Waals surface area contributed by atoms with Gasteiger partial charge < -0.3 is 20.4 Å². The van der Waals surface area contributed by atoms with Crippen LogP contribution in [-0.4, -0.2) is 45.6 Å². The lowest BCUT2D eigenvalue weighted by molar-refractivity contribution is -0.133. The number of carboxylic acids is 2. The van der Waals surface area contributed by atoms with Crippen LogP contribution in [0, 0.1) is 46.3 Å². The minimum Gasteiger partial charge on any atom is -0.478 e. The summed E-state index contributed by atoms with van der Waals surface area (Å²) in [6, 6.07) is 0. The van der Waals surface area contributed by atoms with Gasteiger partial charge in [-0.15, -0.1) is 0 Å². The van der Waals surface area contributed by atoms with Crippen LogP contribution in [0.3, 0.4) is 0 Å². The number of aliphatic hydroxyl groups is 2. The Morgan fingerprint density at radius 1 is 1.03 bits per heavy atom. The van der Waals surface area contributed by atoms with E-state index in [-0.39, 0.29) is 5.57 Å². The van der Waals surface area contributed by atoms with Crippen molar-refractivity contribution in [2.24, 2.45) is 46.3 Å². The van der Waals surface area contributed by atoms with Gasteiger partial charge in [-0.05, 0) is 105 Å². The number of aliphatic carboxylic acids is 2. The normalized spacial score (nSPS) is 41.6. The van der Waals surface area contributed by atoms with Gasteiger partial charge in [-0.2, -0.15) is 0 Å². The van der Waals surface area contributed by atoms with Gasteiger partial charge in [0.15, 0.2) is 0 Å². The second kappa shape index (κ2) is 9.68. The molecule has 32 heavy (non-hydrogen) atoms. The van der Waals surface area contributed by atoms with Crippen LogP contribution in [0.2, 0.25) is 0 Å². The van der Waals surface area contributed by atoms with Crippen molar-refractivity contribution in [3.63, 3.8) is 0 Å². The molecule has 4 bridgehead atoms. The first-order chi connectivity index (χ1) is 15.2. The standard InChI is InChI=1S/C19H30O2.C4H6O2.C3H4O2/c20-8-6-18-11-15(14-2-1-3-16(14)18)17-12-4-5-13(10-12)19(17,18)7-9-21;1-3(2)4(5)6;1-2-3(4)5/h12-17,20-21H,1-11H2;1H2,2H3,(H,5,6);2H,1H2,(H,4,5). The lowest BCUT2D eigenvalue weighted by Crippen LogP contribution is -2.53. The summed E-state index contributed by atoms with van der Waals surface area (Å²) in [5.74, 6) is 3.65. The van der Waals surface area contributed by atoms with Crippen LogP contribution < -0.4 is 0 Å². The Morgan fingerprint density at radius 3 is 2.19 bits per heavy atom. The van der Waals surface area contributed by atoms with Gasteiger partial charge in [0.2, 0.25) is 0 Å². The monoisotopic (exact) mass is 448 g/mol. The Balaban J connectivity index is 0.000000222. The lowest BCUT2D eigenvalue weighted by Gasteiger charge is -2.58. The Labute approximate surface area is 191 Å². The number of fused-ring (bicyclic) bond motifs is 12. The second-order valence-corrected chi connectivity index (χ2v) is 10.6. The van der Waals surface area contributed by atoms with Crippen molar-refractivity contribution in [2.45, 2.75) is 64.7 Å². The molecule has 5 fully saturated rings. The van der Waals surface area contributed by atoms with Crippen LogP contribution in [0.1, 0.15) is 64.7 Å². The molecule has 0 aliphatic heterocycles. The molecule has 5 aliphatic rings. The largest absolute Gasteiger partial charge is 0.478 e. The molecular weight excluding hydrogens is 408 g/mol. The molecular formula is C26H40O6. The molecule has 5 saturated carbocycles. The molecule has 5 rings (SSSR count). The zero-order valence-corrected chi connectivity index (χ0v) is 19.3. The molecule has 0 spiro atoms. The topological polar surface area (TPSA) is 115 Å². The Kier molecular flexibility index (Phi) is 7.55. The summed E-state index contributed by atoms with van der Waals surface area (Å²) in [6.07, 6.45) is 12.9. The minimum atomic E-state index is -0.981. The maximum atomic E-state index is 9.89. The summed E-state index contributed by atoms with van der Waals surface area (Å²) in [4.78, 5) is 18.8. The zero-order valence-electron chi connectivity index (χ0n) is 19.3. The smallest absolute Gasteiger partial charge is 0.330 e. The third-order valence-corrected chi connectivity index (χ3v) is 9.74. The molecule has 180 valence electrons. The zero-order chi connectivity index (χ0) is 23.7. The number of hydrogen-bond acceptors (Lipinski definition) is 4. The van der Waals surface area contributed by atoms with E-state index in [9.17, 15) is 19.8 Å². The van der Waals surface area contributed by atoms with Gasteiger partial charge in [-0.3, -0.25) is 0 Å². The van der Waals surface area contributed by atoms with E-state index < -0.39 is 11.9 Å². The van der Waals surface area contributed by atoms with Crippen molar-refractivity contribution in [1.29, 1.82) is 0 Å². The van der Waals surface area contributed by atoms with Crippen LogP contribution >= 0.6 is 0 Å². The first-order valence-electron chi connectivity index (χ1n) is 12.2. The summed E-state index contributed by atoms with van der Waals surface area (Å²) in [5, 5.41) is 35.3. The van der Waals surface area contributed by atoms with Gasteiger partial charge in [-0.1, -0.05) is 19.6 Å². The van der Waals surface area contributed by atoms with E-state index in [1.54, 1.807) is 0 Å². The highest BCUT2D eigenvalue weighted by Crippen LogP contribution is 2.84. The summed E-state index contributed by atoms with van der Waals surface area (Å²) in [7, 11) is 0. The Morgan fingerprint density at radius 2 is 1.66 bits per heavy atom. The molecule has 0 saturated heterocycles. The first kappa shape index (κ1) is 25.0. The molecule has 0 radical (unpaired) electrons. The van der Waals surface area contributed by atoms with Crippen LogP contribution in [0.25, 0.3) is 0 Å². The number of carbonyl (C=O) groups is 2. The fourth-order valence-electron chi connectivity index (χ4n) is 9.34. The lowest BCUT2D eigenvalue weighted by atomic mass is 9.46. The van der Waals surface area contributed by atoms with E-state index >= 15 is 0 Å². The van der Waals surface area contributed by atoms with E-state index in [1.165, 1.54) is 51.9 Å². The number of rotatable bonds is 6. The molecule has 0 aromatic carbocycles. The molecule has 4 N–H and O–H groups in total. The maximum Gasteiger partial charge on any atom is 0.330 e. The SMILES string of the molecule is C=C(C)C(=O)O.C=CC(=O)O.OCCC12CC(C3CCCC31)C1C3CCC(C3)C12CCO. The van der Waals surface area contributed by atoms with Gasteiger partial charge in [0.25, 0.3) is 0 Å². The number of carboxylic acid groups (broad SMARTS) is 2. The molecule has 0 amide bonds. The summed E-state index contributed by atoms with van der Waals surface area (Å²) in [6.45, 7) is 8.30. The fraction of sp³-hybridized carbons (Fsp3) is 0.769. The molecule has 8 atom stereocenters. The van der Waals surface area contributed by atoms with Gasteiger partial charge in [0.1, 0.15) is 0 Å². The van der Waals surface area contributed by atoms with Crippen molar-refractivity contribution in [3.05, 3.63) is 24.8 Å². The molecule has 8 unspecified atom stereocenters. The number of aliphatic hydroxyl groups excluding tert-OH is 2. The predicted molar refractivity (Wildman–Crippen MR) is 122 cm³/mol. The summed E-state index contributed by atoms with van der Waals surface area (Å²) >= 11 is 0. The minimum absolute atomic E-state index is 0.176. The highest BCUT2D eigenvalue weighted by Gasteiger charge is 2.78. The predicted octanol–water partition coefficient (Wildman–Crippen LogP) is 4.12. The molecule has 6 heteroatoms.